The van der Waals surface area contributed by atoms with E-state index in [0.29, 0.717) is 31.4 Å². The van der Waals surface area contributed by atoms with E-state index in [1.807, 2.05) is 37.3 Å². The second-order valence-electron chi connectivity index (χ2n) is 8.14. The van der Waals surface area contributed by atoms with Crippen LogP contribution in [0, 0.1) is 11.8 Å². The Kier molecular flexibility index (Phi) is 5.29. The van der Waals surface area contributed by atoms with Crippen molar-refractivity contribution in [2.75, 3.05) is 18.1 Å². The Morgan fingerprint density at radius 1 is 0.964 bits per heavy atom. The third-order valence-electron chi connectivity index (χ3n) is 6.61. The van der Waals surface area contributed by atoms with Gasteiger partial charge in [-0.2, -0.15) is 0 Å². The van der Waals surface area contributed by atoms with E-state index >= 15 is 0 Å². The van der Waals surface area contributed by atoms with Gasteiger partial charge in [0.25, 0.3) is 0 Å². The highest BCUT2D eigenvalue weighted by atomic mass is 16.5. The molecule has 2 aromatic carbocycles. The largest absolute Gasteiger partial charge is 0.494 e. The fraction of sp³-hybridized carbons (Fsp3) is 0.458. The Hall–Kier alpha value is -2.49. The SMILES string of the molecule is CCOc1ccc(N2C[C@@H]3C(C)[C@H](C)C2CC(=O)N3Cc2ccccc2)cc1. The van der Waals surface area contributed by atoms with Crippen LogP contribution in [0.2, 0.25) is 0 Å². The average Bonchev–Trinajstić information content (AvgIpc) is 2.90. The lowest BCUT2D eigenvalue weighted by Crippen LogP contribution is -2.55. The molecule has 3 fully saturated rings. The molecule has 2 unspecified atom stereocenters. The Balaban J connectivity index is 1.62. The number of hydrogen-bond donors (Lipinski definition) is 0. The van der Waals surface area contributed by atoms with Gasteiger partial charge in [0.2, 0.25) is 5.91 Å². The van der Waals surface area contributed by atoms with Crippen LogP contribution in [-0.2, 0) is 11.3 Å². The molecule has 4 nitrogen and oxygen atoms in total. The normalized spacial score (nSPS) is 27.0. The number of nitrogens with zero attached hydrogens (tertiary/aromatic N) is 2. The van der Waals surface area contributed by atoms with Gasteiger partial charge >= 0.3 is 0 Å². The first kappa shape index (κ1) is 18.9. The number of benzene rings is 2. The summed E-state index contributed by atoms with van der Waals surface area (Å²) in [6.45, 7) is 8.88. The molecule has 2 aromatic rings. The van der Waals surface area contributed by atoms with Crippen LogP contribution in [0.1, 0.15) is 32.8 Å². The quantitative estimate of drug-likeness (QED) is 0.776. The topological polar surface area (TPSA) is 32.8 Å². The summed E-state index contributed by atoms with van der Waals surface area (Å²) in [5.41, 5.74) is 2.39. The molecule has 0 N–H and O–H groups in total. The molecule has 0 spiro atoms. The second-order valence-corrected chi connectivity index (χ2v) is 8.14. The van der Waals surface area contributed by atoms with Crippen molar-refractivity contribution in [1.82, 2.24) is 4.90 Å². The van der Waals surface area contributed by atoms with Gasteiger partial charge in [-0.3, -0.25) is 4.79 Å². The fourth-order valence-corrected chi connectivity index (χ4v) is 4.83. The first-order chi connectivity index (χ1) is 13.6. The number of carbonyl (C=O) groups excluding carboxylic acids is 1. The zero-order valence-corrected chi connectivity index (χ0v) is 17.0. The van der Waals surface area contributed by atoms with Crippen LogP contribution in [0.5, 0.6) is 5.75 Å². The van der Waals surface area contributed by atoms with Crippen molar-refractivity contribution in [2.45, 2.75) is 45.8 Å². The number of rotatable bonds is 5. The summed E-state index contributed by atoms with van der Waals surface area (Å²) >= 11 is 0. The molecule has 5 rings (SSSR count). The van der Waals surface area contributed by atoms with Crippen molar-refractivity contribution in [3.8, 4) is 5.75 Å². The Morgan fingerprint density at radius 3 is 2.32 bits per heavy atom. The molecule has 3 heterocycles. The lowest BCUT2D eigenvalue weighted by molar-refractivity contribution is -0.133. The number of hydrogen-bond acceptors (Lipinski definition) is 3. The maximum absolute atomic E-state index is 13.2. The van der Waals surface area contributed by atoms with E-state index in [1.54, 1.807) is 0 Å². The van der Waals surface area contributed by atoms with E-state index in [4.69, 9.17) is 4.74 Å². The third kappa shape index (κ3) is 3.48. The highest BCUT2D eigenvalue weighted by Gasteiger charge is 2.47. The van der Waals surface area contributed by atoms with Crippen LogP contribution >= 0.6 is 0 Å². The Labute approximate surface area is 168 Å². The number of carbonyl (C=O) groups is 1. The van der Waals surface area contributed by atoms with E-state index in [-0.39, 0.29) is 18.0 Å². The van der Waals surface area contributed by atoms with Gasteiger partial charge in [0, 0.05) is 31.2 Å². The van der Waals surface area contributed by atoms with Gasteiger partial charge in [-0.25, -0.2) is 0 Å². The van der Waals surface area contributed by atoms with Crippen molar-refractivity contribution < 1.29 is 9.53 Å². The summed E-state index contributed by atoms with van der Waals surface area (Å²) in [5, 5.41) is 0. The van der Waals surface area contributed by atoms with Gasteiger partial charge in [0.05, 0.1) is 12.6 Å². The molecule has 0 aromatic heterocycles. The number of ether oxygens (including phenoxy) is 1. The summed E-state index contributed by atoms with van der Waals surface area (Å²) in [6.07, 6.45) is 0.585. The molecule has 2 bridgehead atoms. The van der Waals surface area contributed by atoms with Crippen molar-refractivity contribution in [3.63, 3.8) is 0 Å². The van der Waals surface area contributed by atoms with Crippen LogP contribution in [0.3, 0.4) is 0 Å². The molecule has 4 heteroatoms. The standard InChI is InChI=1S/C24H30N2O2/c1-4-28-21-12-10-20(11-13-21)25-16-23-18(3)17(2)22(25)14-24(27)26(23)15-19-8-6-5-7-9-19/h5-13,17-18,22-23H,4,14-16H2,1-3H3/t17-,18?,22?,23+/m0/s1. The molecular formula is C24H30N2O2. The van der Waals surface area contributed by atoms with Crippen molar-refractivity contribution in [2.24, 2.45) is 11.8 Å². The van der Waals surface area contributed by atoms with E-state index in [2.05, 4.69) is 47.9 Å². The van der Waals surface area contributed by atoms with E-state index in [0.717, 1.165) is 12.3 Å². The average molecular weight is 379 g/mol. The van der Waals surface area contributed by atoms with Gasteiger partial charge < -0.3 is 14.5 Å². The van der Waals surface area contributed by atoms with E-state index in [9.17, 15) is 4.79 Å². The molecule has 3 saturated heterocycles. The van der Waals surface area contributed by atoms with Crippen LogP contribution in [0.25, 0.3) is 0 Å². The Bertz CT molecular complexity index is 805. The fourth-order valence-electron chi connectivity index (χ4n) is 4.83. The van der Waals surface area contributed by atoms with Crippen molar-refractivity contribution >= 4 is 11.6 Å². The van der Waals surface area contributed by atoms with Crippen LogP contribution in [0.15, 0.2) is 54.6 Å². The minimum atomic E-state index is 0.230. The van der Waals surface area contributed by atoms with Gasteiger partial charge in [-0.15, -0.1) is 0 Å². The zero-order chi connectivity index (χ0) is 19.7. The minimum absolute atomic E-state index is 0.230. The predicted molar refractivity (Wildman–Crippen MR) is 112 cm³/mol. The molecule has 3 aliphatic heterocycles. The van der Waals surface area contributed by atoms with Gasteiger partial charge in [-0.1, -0.05) is 44.2 Å². The van der Waals surface area contributed by atoms with Crippen LogP contribution in [0.4, 0.5) is 5.69 Å². The van der Waals surface area contributed by atoms with E-state index in [1.165, 1.54) is 11.3 Å². The Morgan fingerprint density at radius 2 is 1.64 bits per heavy atom. The second kappa shape index (κ2) is 7.86. The lowest BCUT2D eigenvalue weighted by atomic mass is 9.79. The molecule has 3 aliphatic rings. The smallest absolute Gasteiger partial charge is 0.225 e. The summed E-state index contributed by atoms with van der Waals surface area (Å²) in [5.74, 6) is 2.13. The maximum Gasteiger partial charge on any atom is 0.225 e. The lowest BCUT2D eigenvalue weighted by Gasteiger charge is -2.47. The van der Waals surface area contributed by atoms with Crippen LogP contribution in [-0.4, -0.2) is 36.0 Å². The van der Waals surface area contributed by atoms with Crippen LogP contribution < -0.4 is 9.64 Å². The van der Waals surface area contributed by atoms with Gasteiger partial charge in [0.15, 0.2) is 0 Å². The summed E-state index contributed by atoms with van der Waals surface area (Å²) in [4.78, 5) is 17.7. The van der Waals surface area contributed by atoms with Gasteiger partial charge in [0.1, 0.15) is 5.75 Å². The first-order valence-corrected chi connectivity index (χ1v) is 10.4. The van der Waals surface area contributed by atoms with E-state index < -0.39 is 0 Å². The molecule has 0 aliphatic carbocycles. The minimum Gasteiger partial charge on any atom is -0.494 e. The molecule has 1 amide bonds. The third-order valence-corrected chi connectivity index (χ3v) is 6.61. The molecule has 0 radical (unpaired) electrons. The summed E-state index contributed by atoms with van der Waals surface area (Å²) in [7, 11) is 0. The highest BCUT2D eigenvalue weighted by Crippen LogP contribution is 2.40. The molecule has 148 valence electrons. The van der Waals surface area contributed by atoms with Crippen molar-refractivity contribution in [1.29, 1.82) is 0 Å². The number of anilines is 1. The number of amides is 1. The predicted octanol–water partition coefficient (Wildman–Crippen LogP) is 4.35. The zero-order valence-electron chi connectivity index (χ0n) is 17.0. The monoisotopic (exact) mass is 378 g/mol. The first-order valence-electron chi connectivity index (χ1n) is 10.4. The molecule has 0 saturated carbocycles. The number of piperidine rings is 1. The summed E-state index contributed by atoms with van der Waals surface area (Å²) < 4.78 is 5.59. The summed E-state index contributed by atoms with van der Waals surface area (Å²) in [6, 6.07) is 19.2. The molecule has 28 heavy (non-hydrogen) atoms. The van der Waals surface area contributed by atoms with Crippen molar-refractivity contribution in [3.05, 3.63) is 60.2 Å². The van der Waals surface area contributed by atoms with Gasteiger partial charge in [-0.05, 0) is 48.6 Å². The highest BCUT2D eigenvalue weighted by molar-refractivity contribution is 5.79. The molecule has 4 atom stereocenters. The number of fused-ring (bicyclic) bond motifs is 4. The molecular weight excluding hydrogens is 348 g/mol. The maximum atomic E-state index is 13.2.